The van der Waals surface area contributed by atoms with E-state index in [1.807, 2.05) is 6.07 Å². The highest BCUT2D eigenvalue weighted by Crippen LogP contribution is 2.26. The molecule has 1 aliphatic rings. The first kappa shape index (κ1) is 10.5. The van der Waals surface area contributed by atoms with Crippen LogP contribution in [0.15, 0.2) is 54.6 Å². The number of hydroxylamine groups is 1. The Labute approximate surface area is 101 Å². The molecule has 17 heavy (non-hydrogen) atoms. The summed E-state index contributed by atoms with van der Waals surface area (Å²) in [5.41, 5.74) is 6.87. The van der Waals surface area contributed by atoms with Gasteiger partial charge in [-0.3, -0.25) is 0 Å². The molecular formula is C15H15NO. The van der Waals surface area contributed by atoms with Gasteiger partial charge in [0.15, 0.2) is 0 Å². The van der Waals surface area contributed by atoms with Gasteiger partial charge in [-0.2, -0.15) is 5.48 Å². The SMILES string of the molecule is c1ccc(-c2cccc([C@@H]3CCON3)c2)cc1. The van der Waals surface area contributed by atoms with Gasteiger partial charge in [-0.15, -0.1) is 0 Å². The van der Waals surface area contributed by atoms with Crippen LogP contribution in [0.3, 0.4) is 0 Å². The van der Waals surface area contributed by atoms with E-state index in [2.05, 4.69) is 54.0 Å². The number of nitrogens with one attached hydrogen (secondary N) is 1. The molecule has 0 radical (unpaired) electrons. The third kappa shape index (κ3) is 2.23. The fraction of sp³-hybridized carbons (Fsp3) is 0.200. The van der Waals surface area contributed by atoms with E-state index in [0.29, 0.717) is 6.04 Å². The zero-order valence-corrected chi connectivity index (χ0v) is 9.60. The Hall–Kier alpha value is -1.64. The van der Waals surface area contributed by atoms with E-state index in [9.17, 15) is 0 Å². The molecule has 1 aliphatic heterocycles. The highest BCUT2D eigenvalue weighted by atomic mass is 16.7. The Bertz CT molecular complexity index is 489. The molecule has 0 saturated carbocycles. The van der Waals surface area contributed by atoms with Crippen LogP contribution in [0, 0.1) is 0 Å². The van der Waals surface area contributed by atoms with E-state index < -0.39 is 0 Å². The van der Waals surface area contributed by atoms with Gasteiger partial charge in [0.25, 0.3) is 0 Å². The van der Waals surface area contributed by atoms with Crippen LogP contribution in [0.5, 0.6) is 0 Å². The maximum absolute atomic E-state index is 5.21. The topological polar surface area (TPSA) is 21.3 Å². The van der Waals surface area contributed by atoms with Crippen LogP contribution < -0.4 is 5.48 Å². The maximum atomic E-state index is 5.21. The van der Waals surface area contributed by atoms with Crippen molar-refractivity contribution in [1.29, 1.82) is 0 Å². The Kier molecular flexibility index (Phi) is 2.90. The van der Waals surface area contributed by atoms with Crippen molar-refractivity contribution in [2.45, 2.75) is 12.5 Å². The molecule has 0 unspecified atom stereocenters. The van der Waals surface area contributed by atoms with Crippen molar-refractivity contribution in [3.05, 3.63) is 60.2 Å². The van der Waals surface area contributed by atoms with E-state index in [1.165, 1.54) is 16.7 Å². The molecule has 86 valence electrons. The normalized spacial score (nSPS) is 19.4. The molecular weight excluding hydrogens is 210 g/mol. The largest absolute Gasteiger partial charge is 0.301 e. The molecule has 0 spiro atoms. The third-order valence-electron chi connectivity index (χ3n) is 3.13. The summed E-state index contributed by atoms with van der Waals surface area (Å²) in [5.74, 6) is 0. The molecule has 1 saturated heterocycles. The lowest BCUT2D eigenvalue weighted by Crippen LogP contribution is -2.11. The quantitative estimate of drug-likeness (QED) is 0.846. The van der Waals surface area contributed by atoms with Gasteiger partial charge in [-0.05, 0) is 29.2 Å². The van der Waals surface area contributed by atoms with Gasteiger partial charge in [-0.1, -0.05) is 48.5 Å². The van der Waals surface area contributed by atoms with Crippen LogP contribution in [0.2, 0.25) is 0 Å². The fourth-order valence-electron chi connectivity index (χ4n) is 2.20. The van der Waals surface area contributed by atoms with Gasteiger partial charge in [0.1, 0.15) is 0 Å². The smallest absolute Gasteiger partial charge is 0.0701 e. The molecule has 3 rings (SSSR count). The number of benzene rings is 2. The first-order chi connectivity index (χ1) is 8.43. The van der Waals surface area contributed by atoms with Crippen molar-refractivity contribution in [2.24, 2.45) is 0 Å². The molecule has 1 atom stereocenters. The summed E-state index contributed by atoms with van der Waals surface area (Å²) in [6.07, 6.45) is 1.04. The van der Waals surface area contributed by atoms with Crippen LogP contribution in [0.25, 0.3) is 11.1 Å². The standard InChI is InChI=1S/C15H15NO/c1-2-5-12(6-3-1)13-7-4-8-14(11-13)15-9-10-17-16-15/h1-8,11,15-16H,9-10H2/t15-/m0/s1. The van der Waals surface area contributed by atoms with Gasteiger partial charge in [0.2, 0.25) is 0 Å². The molecule has 1 fully saturated rings. The van der Waals surface area contributed by atoms with E-state index in [-0.39, 0.29) is 0 Å². The van der Waals surface area contributed by atoms with Crippen LogP contribution in [-0.4, -0.2) is 6.61 Å². The highest BCUT2D eigenvalue weighted by molar-refractivity contribution is 5.64. The zero-order valence-electron chi connectivity index (χ0n) is 9.60. The fourth-order valence-corrected chi connectivity index (χ4v) is 2.20. The molecule has 0 amide bonds. The summed E-state index contributed by atoms with van der Waals surface area (Å²) in [7, 11) is 0. The van der Waals surface area contributed by atoms with Crippen molar-refractivity contribution in [3.8, 4) is 11.1 Å². The van der Waals surface area contributed by atoms with Crippen LogP contribution in [-0.2, 0) is 4.84 Å². The maximum Gasteiger partial charge on any atom is 0.0701 e. The van der Waals surface area contributed by atoms with Crippen LogP contribution in [0.4, 0.5) is 0 Å². The molecule has 1 N–H and O–H groups in total. The van der Waals surface area contributed by atoms with Gasteiger partial charge in [-0.25, -0.2) is 0 Å². The molecule has 0 aromatic heterocycles. The minimum Gasteiger partial charge on any atom is -0.301 e. The van der Waals surface area contributed by atoms with Crippen molar-refractivity contribution < 1.29 is 4.84 Å². The van der Waals surface area contributed by atoms with E-state index in [0.717, 1.165) is 13.0 Å². The van der Waals surface area contributed by atoms with E-state index >= 15 is 0 Å². The number of hydrogen-bond acceptors (Lipinski definition) is 2. The van der Waals surface area contributed by atoms with E-state index in [1.54, 1.807) is 0 Å². The first-order valence-corrected chi connectivity index (χ1v) is 5.96. The van der Waals surface area contributed by atoms with E-state index in [4.69, 9.17) is 4.84 Å². The minimum absolute atomic E-state index is 0.332. The summed E-state index contributed by atoms with van der Waals surface area (Å²) in [6, 6.07) is 19.4. The van der Waals surface area contributed by atoms with Crippen molar-refractivity contribution in [2.75, 3.05) is 6.61 Å². The summed E-state index contributed by atoms with van der Waals surface area (Å²) in [5, 5.41) is 0. The summed E-state index contributed by atoms with van der Waals surface area (Å²) >= 11 is 0. The van der Waals surface area contributed by atoms with Gasteiger partial charge >= 0.3 is 0 Å². The van der Waals surface area contributed by atoms with Crippen molar-refractivity contribution >= 4 is 0 Å². The lowest BCUT2D eigenvalue weighted by Gasteiger charge is -2.10. The average Bonchev–Trinajstić information content (AvgIpc) is 2.94. The Morgan fingerprint density at radius 1 is 0.941 bits per heavy atom. The van der Waals surface area contributed by atoms with Crippen LogP contribution in [0.1, 0.15) is 18.0 Å². The monoisotopic (exact) mass is 225 g/mol. The molecule has 0 aliphatic carbocycles. The lowest BCUT2D eigenvalue weighted by molar-refractivity contribution is 0.0883. The average molecular weight is 225 g/mol. The Morgan fingerprint density at radius 3 is 2.53 bits per heavy atom. The molecule has 0 bridgehead atoms. The minimum atomic E-state index is 0.332. The molecule has 2 nitrogen and oxygen atoms in total. The van der Waals surface area contributed by atoms with Crippen molar-refractivity contribution in [1.82, 2.24) is 5.48 Å². The second kappa shape index (κ2) is 4.70. The number of rotatable bonds is 2. The van der Waals surface area contributed by atoms with Crippen molar-refractivity contribution in [3.63, 3.8) is 0 Å². The molecule has 1 heterocycles. The summed E-state index contributed by atoms with van der Waals surface area (Å²) in [6.45, 7) is 0.792. The predicted octanol–water partition coefficient (Wildman–Crippen LogP) is 3.32. The zero-order chi connectivity index (χ0) is 11.5. The first-order valence-electron chi connectivity index (χ1n) is 5.96. The number of hydrogen-bond donors (Lipinski definition) is 1. The molecule has 2 aromatic carbocycles. The second-order valence-corrected chi connectivity index (χ2v) is 4.30. The summed E-state index contributed by atoms with van der Waals surface area (Å²) < 4.78 is 0. The second-order valence-electron chi connectivity index (χ2n) is 4.30. The predicted molar refractivity (Wildman–Crippen MR) is 68.3 cm³/mol. The Morgan fingerprint density at radius 2 is 1.76 bits per heavy atom. The molecule has 2 heteroatoms. The highest BCUT2D eigenvalue weighted by Gasteiger charge is 2.17. The van der Waals surface area contributed by atoms with Gasteiger partial charge in [0.05, 0.1) is 12.6 Å². The summed E-state index contributed by atoms with van der Waals surface area (Å²) in [4.78, 5) is 5.21. The Balaban J connectivity index is 1.94. The van der Waals surface area contributed by atoms with Gasteiger partial charge in [0, 0.05) is 0 Å². The third-order valence-corrected chi connectivity index (χ3v) is 3.13. The lowest BCUT2D eigenvalue weighted by atomic mass is 9.99. The van der Waals surface area contributed by atoms with Gasteiger partial charge < -0.3 is 4.84 Å². The van der Waals surface area contributed by atoms with Crippen LogP contribution >= 0.6 is 0 Å². The molecule has 2 aromatic rings.